The summed E-state index contributed by atoms with van der Waals surface area (Å²) in [5.41, 5.74) is 0.643. The number of aryl methyl sites for hydroxylation is 1. The number of anilines is 2. The van der Waals surface area contributed by atoms with Gasteiger partial charge in [-0.2, -0.15) is 0 Å². The molecule has 84 valence electrons. The third kappa shape index (κ3) is 2.17. The number of imidazole rings is 1. The largest absolute Gasteiger partial charge is 0.324 e. The van der Waals surface area contributed by atoms with Crippen molar-refractivity contribution in [3.63, 3.8) is 0 Å². The summed E-state index contributed by atoms with van der Waals surface area (Å²) in [5, 5.41) is 3.39. The Kier molecular flexibility index (Phi) is 3.10. The predicted molar refractivity (Wildman–Crippen MR) is 62.6 cm³/mol. The zero-order valence-electron chi connectivity index (χ0n) is 8.74. The number of nitrogens with one attached hydrogen (secondary N) is 1. The number of hydrogen-bond acceptors (Lipinski definition) is 2. The van der Waals surface area contributed by atoms with Crippen LogP contribution in [0.2, 0.25) is 5.02 Å². The van der Waals surface area contributed by atoms with Gasteiger partial charge in [0.2, 0.25) is 5.95 Å². The number of rotatable bonds is 3. The normalized spacial score (nSPS) is 10.4. The van der Waals surface area contributed by atoms with Crippen LogP contribution in [0, 0.1) is 5.82 Å². The first kappa shape index (κ1) is 11.0. The second kappa shape index (κ2) is 4.53. The van der Waals surface area contributed by atoms with Gasteiger partial charge >= 0.3 is 0 Å². The Morgan fingerprint density at radius 2 is 2.31 bits per heavy atom. The quantitative estimate of drug-likeness (QED) is 0.889. The molecule has 0 bridgehead atoms. The van der Waals surface area contributed by atoms with Gasteiger partial charge in [0.1, 0.15) is 5.82 Å². The van der Waals surface area contributed by atoms with Crippen LogP contribution in [-0.4, -0.2) is 9.55 Å². The van der Waals surface area contributed by atoms with Crippen LogP contribution in [0.25, 0.3) is 0 Å². The van der Waals surface area contributed by atoms with Gasteiger partial charge in [0.05, 0.1) is 10.7 Å². The molecule has 0 aliphatic rings. The van der Waals surface area contributed by atoms with Gasteiger partial charge in [0.15, 0.2) is 0 Å². The highest BCUT2D eigenvalue weighted by molar-refractivity contribution is 6.33. The van der Waals surface area contributed by atoms with Crippen molar-refractivity contribution in [3.8, 4) is 0 Å². The summed E-state index contributed by atoms with van der Waals surface area (Å²) in [4.78, 5) is 4.15. The van der Waals surface area contributed by atoms with Crippen molar-refractivity contribution in [3.05, 3.63) is 41.4 Å². The minimum absolute atomic E-state index is 0.339. The fourth-order valence-electron chi connectivity index (χ4n) is 1.40. The van der Waals surface area contributed by atoms with E-state index >= 15 is 0 Å². The molecule has 0 fully saturated rings. The summed E-state index contributed by atoms with van der Waals surface area (Å²) >= 11 is 5.90. The standard InChI is InChI=1S/C11H11ClFN3/c1-2-16-6-5-14-11(16)15-10-4-3-8(13)7-9(10)12/h3-7H,2H2,1H3,(H,14,15). The highest BCUT2D eigenvalue weighted by atomic mass is 35.5. The van der Waals surface area contributed by atoms with Crippen molar-refractivity contribution in [2.24, 2.45) is 0 Å². The molecule has 1 aromatic carbocycles. The van der Waals surface area contributed by atoms with E-state index in [1.165, 1.54) is 12.1 Å². The van der Waals surface area contributed by atoms with Crippen molar-refractivity contribution in [1.82, 2.24) is 9.55 Å². The number of benzene rings is 1. The van der Waals surface area contributed by atoms with Gasteiger partial charge in [-0.3, -0.25) is 0 Å². The van der Waals surface area contributed by atoms with Crippen LogP contribution in [0.3, 0.4) is 0 Å². The molecular formula is C11H11ClFN3. The van der Waals surface area contributed by atoms with E-state index in [0.29, 0.717) is 16.7 Å². The van der Waals surface area contributed by atoms with Crippen molar-refractivity contribution < 1.29 is 4.39 Å². The van der Waals surface area contributed by atoms with Crippen LogP contribution in [0.5, 0.6) is 0 Å². The molecule has 16 heavy (non-hydrogen) atoms. The van der Waals surface area contributed by atoms with Crippen LogP contribution in [-0.2, 0) is 6.54 Å². The van der Waals surface area contributed by atoms with Gasteiger partial charge in [-0.1, -0.05) is 11.6 Å². The van der Waals surface area contributed by atoms with Gasteiger partial charge in [-0.05, 0) is 25.1 Å². The molecule has 1 aromatic heterocycles. The minimum Gasteiger partial charge on any atom is -0.324 e. The van der Waals surface area contributed by atoms with Crippen LogP contribution < -0.4 is 5.32 Å². The average Bonchev–Trinajstić information content (AvgIpc) is 2.69. The van der Waals surface area contributed by atoms with E-state index in [1.807, 2.05) is 17.7 Å². The van der Waals surface area contributed by atoms with Crippen LogP contribution >= 0.6 is 11.6 Å². The van der Waals surface area contributed by atoms with Crippen molar-refractivity contribution in [2.75, 3.05) is 5.32 Å². The van der Waals surface area contributed by atoms with E-state index in [1.54, 1.807) is 12.3 Å². The second-order valence-electron chi connectivity index (χ2n) is 3.29. The van der Waals surface area contributed by atoms with Crippen molar-refractivity contribution in [1.29, 1.82) is 0 Å². The molecule has 2 aromatic rings. The lowest BCUT2D eigenvalue weighted by Crippen LogP contribution is -2.01. The van der Waals surface area contributed by atoms with Crippen LogP contribution in [0.15, 0.2) is 30.6 Å². The van der Waals surface area contributed by atoms with Gasteiger partial charge in [-0.25, -0.2) is 9.37 Å². The SMILES string of the molecule is CCn1ccnc1Nc1ccc(F)cc1Cl. The molecule has 0 saturated carbocycles. The maximum absolute atomic E-state index is 12.8. The molecule has 0 amide bonds. The predicted octanol–water partition coefficient (Wildman–Crippen LogP) is 3.44. The molecule has 1 heterocycles. The van der Waals surface area contributed by atoms with Gasteiger partial charge < -0.3 is 9.88 Å². The van der Waals surface area contributed by atoms with E-state index in [0.717, 1.165) is 6.54 Å². The summed E-state index contributed by atoms with van der Waals surface area (Å²) in [5.74, 6) is 0.338. The van der Waals surface area contributed by atoms with Crippen molar-refractivity contribution >= 4 is 23.2 Å². The monoisotopic (exact) mass is 239 g/mol. The topological polar surface area (TPSA) is 29.9 Å². The van der Waals surface area contributed by atoms with Gasteiger partial charge in [0, 0.05) is 18.9 Å². The van der Waals surface area contributed by atoms with Crippen LogP contribution in [0.1, 0.15) is 6.92 Å². The molecule has 0 aliphatic heterocycles. The molecule has 0 saturated heterocycles. The third-order valence-corrected chi connectivity index (χ3v) is 2.55. The smallest absolute Gasteiger partial charge is 0.207 e. The fraction of sp³-hybridized carbons (Fsp3) is 0.182. The maximum atomic E-state index is 12.8. The van der Waals surface area contributed by atoms with Gasteiger partial charge in [-0.15, -0.1) is 0 Å². The number of halogens is 2. The molecule has 5 heteroatoms. The number of hydrogen-bond donors (Lipinski definition) is 1. The molecule has 0 aliphatic carbocycles. The van der Waals surface area contributed by atoms with Gasteiger partial charge in [0.25, 0.3) is 0 Å². The second-order valence-corrected chi connectivity index (χ2v) is 3.69. The summed E-state index contributed by atoms with van der Waals surface area (Å²) in [6.07, 6.45) is 3.56. The van der Waals surface area contributed by atoms with Crippen LogP contribution in [0.4, 0.5) is 16.0 Å². The summed E-state index contributed by atoms with van der Waals surface area (Å²) in [7, 11) is 0. The Balaban J connectivity index is 2.27. The average molecular weight is 240 g/mol. The Bertz CT molecular complexity index is 496. The third-order valence-electron chi connectivity index (χ3n) is 2.23. The molecular weight excluding hydrogens is 229 g/mol. The molecule has 0 spiro atoms. The van der Waals surface area contributed by atoms with E-state index in [9.17, 15) is 4.39 Å². The number of aromatic nitrogens is 2. The lowest BCUT2D eigenvalue weighted by atomic mass is 10.3. The molecule has 2 rings (SSSR count). The number of nitrogens with zero attached hydrogens (tertiary/aromatic N) is 2. The molecule has 3 nitrogen and oxygen atoms in total. The van der Waals surface area contributed by atoms with E-state index in [-0.39, 0.29) is 5.82 Å². The zero-order valence-corrected chi connectivity index (χ0v) is 9.50. The van der Waals surface area contributed by atoms with E-state index in [2.05, 4.69) is 10.3 Å². The Labute approximate surface area is 97.9 Å². The molecule has 0 unspecified atom stereocenters. The van der Waals surface area contributed by atoms with E-state index in [4.69, 9.17) is 11.6 Å². The molecule has 0 atom stereocenters. The zero-order chi connectivity index (χ0) is 11.5. The maximum Gasteiger partial charge on any atom is 0.207 e. The lowest BCUT2D eigenvalue weighted by molar-refractivity contribution is 0.628. The summed E-state index contributed by atoms with van der Waals surface area (Å²) in [6.45, 7) is 2.82. The Hall–Kier alpha value is -1.55. The highest BCUT2D eigenvalue weighted by Gasteiger charge is 2.05. The highest BCUT2D eigenvalue weighted by Crippen LogP contribution is 2.25. The first-order chi connectivity index (χ1) is 7.70. The summed E-state index contributed by atoms with van der Waals surface area (Å²) in [6, 6.07) is 4.21. The first-order valence-corrected chi connectivity index (χ1v) is 5.31. The first-order valence-electron chi connectivity index (χ1n) is 4.94. The summed E-state index contributed by atoms with van der Waals surface area (Å²) < 4.78 is 14.8. The Morgan fingerprint density at radius 1 is 1.50 bits per heavy atom. The lowest BCUT2D eigenvalue weighted by Gasteiger charge is -2.09. The fourth-order valence-corrected chi connectivity index (χ4v) is 1.61. The molecule has 0 radical (unpaired) electrons. The van der Waals surface area contributed by atoms with Crippen molar-refractivity contribution in [2.45, 2.75) is 13.5 Å². The molecule has 1 N–H and O–H groups in total. The minimum atomic E-state index is -0.352. The Morgan fingerprint density at radius 3 is 3.00 bits per heavy atom. The van der Waals surface area contributed by atoms with E-state index < -0.39 is 0 Å².